The molecule has 1 unspecified atom stereocenters. The molecule has 0 bridgehead atoms. The van der Waals surface area contributed by atoms with Crippen LogP contribution in [0, 0.1) is 0 Å². The Morgan fingerprint density at radius 3 is 2.91 bits per heavy atom. The van der Waals surface area contributed by atoms with Gasteiger partial charge in [-0.3, -0.25) is 9.89 Å². The largest absolute Gasteiger partial charge is 0.378 e. The molecule has 1 aliphatic heterocycles. The zero-order valence-corrected chi connectivity index (χ0v) is 7.50. The molecule has 1 rings (SSSR count). The van der Waals surface area contributed by atoms with Gasteiger partial charge in [0.1, 0.15) is 5.66 Å². The van der Waals surface area contributed by atoms with Crippen molar-refractivity contribution in [3.63, 3.8) is 0 Å². The molecule has 0 aliphatic carbocycles. The van der Waals surface area contributed by atoms with Crippen molar-refractivity contribution in [1.82, 2.24) is 4.90 Å². The van der Waals surface area contributed by atoms with Gasteiger partial charge in [-0.25, -0.2) is 0 Å². The van der Waals surface area contributed by atoms with Crippen LogP contribution in [0.4, 0.5) is 0 Å². The summed E-state index contributed by atoms with van der Waals surface area (Å²) in [5, 5.41) is 0. The lowest BCUT2D eigenvalue weighted by atomic mass is 10.2. The highest BCUT2D eigenvalue weighted by Gasteiger charge is 2.30. The third-order valence-electron chi connectivity index (χ3n) is 2.13. The molecule has 0 saturated heterocycles. The number of ether oxygens (including phenoxy) is 1. The van der Waals surface area contributed by atoms with Crippen molar-refractivity contribution in [3.05, 3.63) is 0 Å². The maximum atomic E-state index is 5.34. The van der Waals surface area contributed by atoms with Crippen LogP contribution in [0.15, 0.2) is 4.99 Å². The molecule has 3 heteroatoms. The van der Waals surface area contributed by atoms with E-state index in [2.05, 4.69) is 23.9 Å². The standard InChI is InChI=1S/C8H16N2O/c1-4-11-7-8(2)9-5-6-10(8)3/h5H,4,6-7H2,1-3H3. The van der Waals surface area contributed by atoms with Gasteiger partial charge in [0.25, 0.3) is 0 Å². The summed E-state index contributed by atoms with van der Waals surface area (Å²) in [4.78, 5) is 6.55. The summed E-state index contributed by atoms with van der Waals surface area (Å²) in [6.07, 6.45) is 1.94. The van der Waals surface area contributed by atoms with E-state index in [1.165, 1.54) is 0 Å². The molecule has 1 heterocycles. The first-order valence-electron chi connectivity index (χ1n) is 4.02. The molecular weight excluding hydrogens is 140 g/mol. The van der Waals surface area contributed by atoms with E-state index in [9.17, 15) is 0 Å². The topological polar surface area (TPSA) is 24.8 Å². The Balaban J connectivity index is 2.44. The first-order chi connectivity index (χ1) is 5.19. The molecule has 0 aromatic heterocycles. The summed E-state index contributed by atoms with van der Waals surface area (Å²) in [6, 6.07) is 0. The molecule has 0 fully saturated rings. The molecule has 1 aliphatic rings. The minimum Gasteiger partial charge on any atom is -0.378 e. The average Bonchev–Trinajstić information content (AvgIpc) is 2.30. The zero-order chi connectivity index (χ0) is 8.32. The van der Waals surface area contributed by atoms with Crippen LogP contribution in [0.2, 0.25) is 0 Å². The van der Waals surface area contributed by atoms with E-state index in [0.717, 1.165) is 13.2 Å². The van der Waals surface area contributed by atoms with Gasteiger partial charge in [-0.15, -0.1) is 0 Å². The van der Waals surface area contributed by atoms with E-state index < -0.39 is 0 Å². The van der Waals surface area contributed by atoms with Gasteiger partial charge in [0.05, 0.1) is 6.61 Å². The number of rotatable bonds is 3. The Hall–Kier alpha value is -0.410. The lowest BCUT2D eigenvalue weighted by molar-refractivity contribution is 0.0403. The van der Waals surface area contributed by atoms with Gasteiger partial charge in [-0.05, 0) is 20.9 Å². The van der Waals surface area contributed by atoms with E-state index in [1.807, 2.05) is 13.1 Å². The van der Waals surface area contributed by atoms with Crippen molar-refractivity contribution in [1.29, 1.82) is 0 Å². The summed E-state index contributed by atoms with van der Waals surface area (Å²) >= 11 is 0. The van der Waals surface area contributed by atoms with Gasteiger partial charge in [0.15, 0.2) is 0 Å². The zero-order valence-electron chi connectivity index (χ0n) is 7.50. The highest BCUT2D eigenvalue weighted by atomic mass is 16.5. The second-order valence-corrected chi connectivity index (χ2v) is 3.05. The monoisotopic (exact) mass is 156 g/mol. The van der Waals surface area contributed by atoms with E-state index in [0.29, 0.717) is 6.61 Å². The highest BCUT2D eigenvalue weighted by Crippen LogP contribution is 2.18. The number of hydrogen-bond acceptors (Lipinski definition) is 3. The molecule has 0 N–H and O–H groups in total. The van der Waals surface area contributed by atoms with Crippen molar-refractivity contribution in [2.75, 3.05) is 26.8 Å². The smallest absolute Gasteiger partial charge is 0.133 e. The Morgan fingerprint density at radius 2 is 2.45 bits per heavy atom. The summed E-state index contributed by atoms with van der Waals surface area (Å²) in [5.74, 6) is 0. The van der Waals surface area contributed by atoms with Crippen LogP contribution in [0.25, 0.3) is 0 Å². The van der Waals surface area contributed by atoms with Gasteiger partial charge in [-0.1, -0.05) is 0 Å². The predicted octanol–water partition coefficient (Wildman–Crippen LogP) is 0.755. The minimum atomic E-state index is -0.115. The first-order valence-corrected chi connectivity index (χ1v) is 4.02. The van der Waals surface area contributed by atoms with Gasteiger partial charge < -0.3 is 4.74 Å². The normalized spacial score (nSPS) is 31.5. The molecule has 0 spiro atoms. The van der Waals surface area contributed by atoms with Gasteiger partial charge >= 0.3 is 0 Å². The van der Waals surface area contributed by atoms with Crippen molar-refractivity contribution < 1.29 is 4.74 Å². The first kappa shape index (κ1) is 8.68. The van der Waals surface area contributed by atoms with Crippen LogP contribution >= 0.6 is 0 Å². The molecule has 0 amide bonds. The van der Waals surface area contributed by atoms with Crippen molar-refractivity contribution >= 4 is 6.21 Å². The number of nitrogens with zero attached hydrogens (tertiary/aromatic N) is 2. The third kappa shape index (κ3) is 1.79. The Bertz CT molecular complexity index is 158. The maximum Gasteiger partial charge on any atom is 0.133 e. The van der Waals surface area contributed by atoms with Crippen molar-refractivity contribution in [2.24, 2.45) is 4.99 Å². The van der Waals surface area contributed by atoms with E-state index >= 15 is 0 Å². The number of hydrogen-bond donors (Lipinski definition) is 0. The van der Waals surface area contributed by atoms with Crippen LogP contribution in [-0.2, 0) is 4.74 Å². The molecule has 0 saturated carbocycles. The van der Waals surface area contributed by atoms with E-state index in [1.54, 1.807) is 0 Å². The molecule has 3 nitrogen and oxygen atoms in total. The molecule has 0 aromatic carbocycles. The molecule has 11 heavy (non-hydrogen) atoms. The lowest BCUT2D eigenvalue weighted by Gasteiger charge is -2.29. The van der Waals surface area contributed by atoms with Crippen molar-refractivity contribution in [3.8, 4) is 0 Å². The molecule has 0 aromatic rings. The van der Waals surface area contributed by atoms with Crippen LogP contribution in [0.1, 0.15) is 13.8 Å². The molecular formula is C8H16N2O. The lowest BCUT2D eigenvalue weighted by Crippen LogP contribution is -2.42. The fourth-order valence-electron chi connectivity index (χ4n) is 1.10. The minimum absolute atomic E-state index is 0.115. The second-order valence-electron chi connectivity index (χ2n) is 3.05. The van der Waals surface area contributed by atoms with Crippen LogP contribution < -0.4 is 0 Å². The highest BCUT2D eigenvalue weighted by molar-refractivity contribution is 5.62. The summed E-state index contributed by atoms with van der Waals surface area (Å²) in [5.41, 5.74) is -0.115. The van der Waals surface area contributed by atoms with Crippen LogP contribution in [-0.4, -0.2) is 43.6 Å². The van der Waals surface area contributed by atoms with Crippen LogP contribution in [0.3, 0.4) is 0 Å². The van der Waals surface area contributed by atoms with Gasteiger partial charge in [-0.2, -0.15) is 0 Å². The molecule has 0 radical (unpaired) electrons. The Morgan fingerprint density at radius 1 is 1.73 bits per heavy atom. The molecule has 1 atom stereocenters. The van der Waals surface area contributed by atoms with E-state index in [4.69, 9.17) is 4.74 Å². The average molecular weight is 156 g/mol. The van der Waals surface area contributed by atoms with E-state index in [-0.39, 0.29) is 5.66 Å². The summed E-state index contributed by atoms with van der Waals surface area (Å²) in [6.45, 7) is 6.48. The fraction of sp³-hybridized carbons (Fsp3) is 0.875. The van der Waals surface area contributed by atoms with Gasteiger partial charge in [0.2, 0.25) is 0 Å². The SMILES string of the molecule is CCOCC1(C)N=CCN1C. The summed E-state index contributed by atoms with van der Waals surface area (Å²) in [7, 11) is 2.06. The predicted molar refractivity (Wildman–Crippen MR) is 46.0 cm³/mol. The van der Waals surface area contributed by atoms with Crippen molar-refractivity contribution in [2.45, 2.75) is 19.5 Å². The number of likely N-dealkylation sites (N-methyl/N-ethyl adjacent to an activating group) is 1. The third-order valence-corrected chi connectivity index (χ3v) is 2.13. The quantitative estimate of drug-likeness (QED) is 0.602. The Labute approximate surface area is 68.1 Å². The second kappa shape index (κ2) is 3.32. The fourth-order valence-corrected chi connectivity index (χ4v) is 1.10. The summed E-state index contributed by atoms with van der Waals surface area (Å²) < 4.78 is 5.34. The Kier molecular flexibility index (Phi) is 2.62. The molecule has 64 valence electrons. The van der Waals surface area contributed by atoms with Gasteiger partial charge in [0, 0.05) is 19.4 Å². The number of aliphatic imine (C=N–C) groups is 1. The maximum absolute atomic E-state index is 5.34. The van der Waals surface area contributed by atoms with Crippen LogP contribution in [0.5, 0.6) is 0 Å².